The minimum atomic E-state index is -0.693. The molecule has 0 saturated carbocycles. The van der Waals surface area contributed by atoms with Crippen LogP contribution in [-0.2, 0) is 16.1 Å². The summed E-state index contributed by atoms with van der Waals surface area (Å²) >= 11 is 0. The minimum Gasteiger partial charge on any atom is -0.372 e. The Morgan fingerprint density at radius 3 is 2.29 bits per heavy atom. The second kappa shape index (κ2) is 8.67. The molecule has 2 rings (SSSR count). The summed E-state index contributed by atoms with van der Waals surface area (Å²) in [6.45, 7) is 6.22. The Labute approximate surface area is 141 Å². The quantitative estimate of drug-likeness (QED) is 0.798. The van der Waals surface area contributed by atoms with Gasteiger partial charge in [-0.1, -0.05) is 6.07 Å². The lowest BCUT2D eigenvalue weighted by Crippen LogP contribution is -2.35. The van der Waals surface area contributed by atoms with Crippen LogP contribution in [0.4, 0.5) is 11.4 Å². The number of amides is 2. The first kappa shape index (κ1) is 17.5. The number of pyridine rings is 1. The van der Waals surface area contributed by atoms with Crippen molar-refractivity contribution in [1.29, 1.82) is 0 Å². The summed E-state index contributed by atoms with van der Waals surface area (Å²) < 4.78 is 0. The zero-order valence-electron chi connectivity index (χ0n) is 14.0. The van der Waals surface area contributed by atoms with Gasteiger partial charge in [-0.2, -0.15) is 0 Å². The van der Waals surface area contributed by atoms with Crippen LogP contribution in [0.25, 0.3) is 0 Å². The van der Waals surface area contributed by atoms with Gasteiger partial charge in [0, 0.05) is 30.7 Å². The number of carbonyl (C=O) groups is 2. The van der Waals surface area contributed by atoms with Crippen LogP contribution in [-0.4, -0.2) is 29.9 Å². The van der Waals surface area contributed by atoms with Crippen LogP contribution in [0, 0.1) is 0 Å². The second-order valence-electron chi connectivity index (χ2n) is 5.18. The molecule has 0 atom stereocenters. The number of hydrogen-bond acceptors (Lipinski definition) is 4. The summed E-state index contributed by atoms with van der Waals surface area (Å²) in [5.41, 5.74) is 2.36. The SMILES string of the molecule is CCN(CC)c1ccc(NC(=O)C(=O)NCc2ccccn2)cc1. The first-order valence-electron chi connectivity index (χ1n) is 7.98. The van der Waals surface area contributed by atoms with Crippen LogP contribution >= 0.6 is 0 Å². The van der Waals surface area contributed by atoms with Crippen LogP contribution in [0.5, 0.6) is 0 Å². The van der Waals surface area contributed by atoms with Gasteiger partial charge in [-0.05, 0) is 50.2 Å². The molecule has 0 spiro atoms. The Morgan fingerprint density at radius 2 is 1.71 bits per heavy atom. The van der Waals surface area contributed by atoms with Crippen molar-refractivity contribution in [2.24, 2.45) is 0 Å². The number of nitrogens with zero attached hydrogens (tertiary/aromatic N) is 2. The molecular formula is C18H22N4O2. The number of anilines is 2. The molecule has 0 fully saturated rings. The van der Waals surface area contributed by atoms with Crippen molar-refractivity contribution in [3.63, 3.8) is 0 Å². The van der Waals surface area contributed by atoms with Gasteiger partial charge in [0.2, 0.25) is 0 Å². The molecule has 2 aromatic rings. The molecule has 2 N–H and O–H groups in total. The molecule has 0 unspecified atom stereocenters. The van der Waals surface area contributed by atoms with E-state index in [1.807, 2.05) is 18.2 Å². The maximum absolute atomic E-state index is 11.9. The van der Waals surface area contributed by atoms with E-state index in [1.165, 1.54) is 0 Å². The lowest BCUT2D eigenvalue weighted by molar-refractivity contribution is -0.136. The highest BCUT2D eigenvalue weighted by atomic mass is 16.2. The predicted molar refractivity (Wildman–Crippen MR) is 94.7 cm³/mol. The van der Waals surface area contributed by atoms with Crippen LogP contribution < -0.4 is 15.5 Å². The van der Waals surface area contributed by atoms with E-state index in [0.717, 1.165) is 18.8 Å². The van der Waals surface area contributed by atoms with Gasteiger partial charge < -0.3 is 15.5 Å². The molecule has 0 saturated heterocycles. The van der Waals surface area contributed by atoms with Crippen LogP contribution in [0.15, 0.2) is 48.7 Å². The molecule has 2 amide bonds. The highest BCUT2D eigenvalue weighted by Gasteiger charge is 2.13. The molecule has 1 heterocycles. The molecule has 6 heteroatoms. The van der Waals surface area contributed by atoms with Gasteiger partial charge in [0.15, 0.2) is 0 Å². The average Bonchev–Trinajstić information content (AvgIpc) is 2.63. The molecule has 6 nitrogen and oxygen atoms in total. The fourth-order valence-corrected chi connectivity index (χ4v) is 2.29. The first-order valence-corrected chi connectivity index (χ1v) is 7.98. The number of hydrogen-bond donors (Lipinski definition) is 2. The third-order valence-corrected chi connectivity index (χ3v) is 3.62. The fraction of sp³-hybridized carbons (Fsp3) is 0.278. The zero-order valence-corrected chi connectivity index (χ0v) is 14.0. The fourth-order valence-electron chi connectivity index (χ4n) is 2.29. The molecule has 126 valence electrons. The summed E-state index contributed by atoms with van der Waals surface area (Å²) in [5, 5.41) is 5.14. The molecule has 24 heavy (non-hydrogen) atoms. The zero-order chi connectivity index (χ0) is 17.4. The van der Waals surface area contributed by atoms with Gasteiger partial charge in [-0.25, -0.2) is 0 Å². The van der Waals surface area contributed by atoms with Crippen LogP contribution in [0.3, 0.4) is 0 Å². The average molecular weight is 326 g/mol. The van der Waals surface area contributed by atoms with Crippen LogP contribution in [0.2, 0.25) is 0 Å². The van der Waals surface area contributed by atoms with Crippen molar-refractivity contribution >= 4 is 23.2 Å². The van der Waals surface area contributed by atoms with Crippen molar-refractivity contribution in [2.45, 2.75) is 20.4 Å². The van der Waals surface area contributed by atoms with Gasteiger partial charge >= 0.3 is 11.8 Å². The van der Waals surface area contributed by atoms with E-state index in [4.69, 9.17) is 0 Å². The smallest absolute Gasteiger partial charge is 0.313 e. The maximum atomic E-state index is 11.9. The van der Waals surface area contributed by atoms with E-state index < -0.39 is 11.8 Å². The molecular weight excluding hydrogens is 304 g/mol. The normalized spacial score (nSPS) is 10.1. The largest absolute Gasteiger partial charge is 0.372 e. The summed E-state index contributed by atoms with van der Waals surface area (Å²) in [6, 6.07) is 12.8. The van der Waals surface area contributed by atoms with Crippen molar-refractivity contribution < 1.29 is 9.59 Å². The Hall–Kier alpha value is -2.89. The van der Waals surface area contributed by atoms with Gasteiger partial charge in [0.05, 0.1) is 12.2 Å². The summed E-state index contributed by atoms with van der Waals surface area (Å²) in [6.07, 6.45) is 1.64. The van der Waals surface area contributed by atoms with Gasteiger partial charge in [0.1, 0.15) is 0 Å². The Morgan fingerprint density at radius 1 is 1.00 bits per heavy atom. The monoisotopic (exact) mass is 326 g/mol. The Bertz CT molecular complexity index is 667. The number of rotatable bonds is 6. The summed E-state index contributed by atoms with van der Waals surface area (Å²) in [7, 11) is 0. The summed E-state index contributed by atoms with van der Waals surface area (Å²) in [5.74, 6) is -1.38. The lowest BCUT2D eigenvalue weighted by atomic mass is 10.2. The number of nitrogens with one attached hydrogen (secondary N) is 2. The minimum absolute atomic E-state index is 0.216. The van der Waals surface area contributed by atoms with Crippen molar-refractivity contribution in [3.05, 3.63) is 54.4 Å². The van der Waals surface area contributed by atoms with Crippen molar-refractivity contribution in [2.75, 3.05) is 23.3 Å². The van der Waals surface area contributed by atoms with E-state index in [1.54, 1.807) is 30.5 Å². The molecule has 0 radical (unpaired) electrons. The van der Waals surface area contributed by atoms with E-state index in [0.29, 0.717) is 11.4 Å². The molecule has 1 aromatic heterocycles. The maximum Gasteiger partial charge on any atom is 0.313 e. The Kier molecular flexibility index (Phi) is 6.31. The van der Waals surface area contributed by atoms with E-state index >= 15 is 0 Å². The predicted octanol–water partition coefficient (Wildman–Crippen LogP) is 2.18. The standard InChI is InChI=1S/C18H22N4O2/c1-3-22(4-2)16-10-8-14(9-11-16)21-18(24)17(23)20-13-15-7-5-6-12-19-15/h5-12H,3-4,13H2,1-2H3,(H,20,23)(H,21,24). The highest BCUT2D eigenvalue weighted by Crippen LogP contribution is 2.17. The Balaban J connectivity index is 1.88. The third-order valence-electron chi connectivity index (χ3n) is 3.62. The van der Waals surface area contributed by atoms with E-state index in [-0.39, 0.29) is 6.54 Å². The van der Waals surface area contributed by atoms with Crippen molar-refractivity contribution in [1.82, 2.24) is 10.3 Å². The first-order chi connectivity index (χ1) is 11.6. The van der Waals surface area contributed by atoms with E-state index in [2.05, 4.69) is 34.4 Å². The molecule has 0 aliphatic carbocycles. The number of aromatic nitrogens is 1. The van der Waals surface area contributed by atoms with Crippen molar-refractivity contribution in [3.8, 4) is 0 Å². The third kappa shape index (κ3) is 4.81. The summed E-state index contributed by atoms with van der Waals surface area (Å²) in [4.78, 5) is 30.0. The number of carbonyl (C=O) groups excluding carboxylic acids is 2. The second-order valence-corrected chi connectivity index (χ2v) is 5.18. The highest BCUT2D eigenvalue weighted by molar-refractivity contribution is 6.39. The van der Waals surface area contributed by atoms with Crippen LogP contribution in [0.1, 0.15) is 19.5 Å². The molecule has 0 aliphatic heterocycles. The number of benzene rings is 1. The van der Waals surface area contributed by atoms with E-state index in [9.17, 15) is 9.59 Å². The topological polar surface area (TPSA) is 74.3 Å². The lowest BCUT2D eigenvalue weighted by Gasteiger charge is -2.21. The molecule has 0 aliphatic rings. The van der Waals surface area contributed by atoms with Gasteiger partial charge in [-0.3, -0.25) is 14.6 Å². The molecule has 0 bridgehead atoms. The van der Waals surface area contributed by atoms with Gasteiger partial charge in [0.25, 0.3) is 0 Å². The molecule has 1 aromatic carbocycles. The van der Waals surface area contributed by atoms with Gasteiger partial charge in [-0.15, -0.1) is 0 Å².